The molecule has 0 aromatic heterocycles. The van der Waals surface area contributed by atoms with Gasteiger partial charge in [-0.1, -0.05) is 143 Å². The molecule has 0 spiro atoms. The van der Waals surface area contributed by atoms with Crippen molar-refractivity contribution in [2.75, 3.05) is 13.2 Å². The molecule has 4 atom stereocenters. The third kappa shape index (κ3) is 8.15. The van der Waals surface area contributed by atoms with Gasteiger partial charge in [-0.05, 0) is 87.5 Å². The van der Waals surface area contributed by atoms with Crippen molar-refractivity contribution < 1.29 is 33.7 Å². The SMILES string of the molecule is CC(C)(C)[Si](OCC1=C([C@H](O)CC/C(=C/c2ccc(O)c(F)c2)c2ccccc2)[C@H](CO)[C@@H]2C(=O)N(C3CCCCC3)C(=O)[C@@H]2C1)(c1ccccc1)c1ccccc1. The molecular weight excluding hydrogens is 746 g/mol. The molecule has 3 N–H and O–H groups in total. The molecule has 1 heterocycles. The summed E-state index contributed by atoms with van der Waals surface area (Å²) in [6.07, 6.45) is 6.24. The molecule has 0 unspecified atom stereocenters. The highest BCUT2D eigenvalue weighted by atomic mass is 28.4. The average molecular weight is 802 g/mol. The van der Waals surface area contributed by atoms with E-state index >= 15 is 0 Å². The van der Waals surface area contributed by atoms with Crippen molar-refractivity contribution in [3.63, 3.8) is 0 Å². The number of rotatable bonds is 13. The molecule has 2 amide bonds. The number of allylic oxidation sites excluding steroid dienone is 1. The number of halogens is 1. The van der Waals surface area contributed by atoms with Gasteiger partial charge in [0.15, 0.2) is 11.6 Å². The number of benzene rings is 4. The highest BCUT2D eigenvalue weighted by molar-refractivity contribution is 6.99. The van der Waals surface area contributed by atoms with Crippen LogP contribution in [-0.2, 0) is 14.0 Å². The largest absolute Gasteiger partial charge is 0.505 e. The number of likely N-dealkylation sites (tertiary alicyclic amines) is 1. The maximum absolute atomic E-state index is 14.5. The lowest BCUT2D eigenvalue weighted by atomic mass is 9.68. The Morgan fingerprint density at radius 3 is 2.05 bits per heavy atom. The van der Waals surface area contributed by atoms with Gasteiger partial charge in [0.05, 0.1) is 31.2 Å². The van der Waals surface area contributed by atoms with Crippen LogP contribution in [0, 0.1) is 23.6 Å². The number of fused-ring (bicyclic) bond motifs is 1. The second-order valence-corrected chi connectivity index (χ2v) is 21.6. The molecule has 1 aliphatic heterocycles. The zero-order valence-electron chi connectivity index (χ0n) is 33.8. The number of amides is 2. The van der Waals surface area contributed by atoms with Gasteiger partial charge in [0.1, 0.15) is 0 Å². The highest BCUT2D eigenvalue weighted by Crippen LogP contribution is 2.48. The number of aliphatic hydroxyl groups excluding tert-OH is 2. The van der Waals surface area contributed by atoms with Crippen LogP contribution in [0.2, 0.25) is 5.04 Å². The fourth-order valence-corrected chi connectivity index (χ4v) is 14.5. The van der Waals surface area contributed by atoms with Gasteiger partial charge in [0.2, 0.25) is 11.8 Å². The number of hydrogen-bond donors (Lipinski definition) is 3. The van der Waals surface area contributed by atoms with Crippen molar-refractivity contribution in [2.24, 2.45) is 17.8 Å². The average Bonchev–Trinajstić information content (AvgIpc) is 3.49. The van der Waals surface area contributed by atoms with E-state index in [4.69, 9.17) is 4.43 Å². The molecule has 7 rings (SSSR count). The summed E-state index contributed by atoms with van der Waals surface area (Å²) in [4.78, 5) is 30.3. The zero-order chi connectivity index (χ0) is 41.0. The molecule has 3 aliphatic rings. The van der Waals surface area contributed by atoms with Crippen molar-refractivity contribution in [2.45, 2.75) is 89.3 Å². The third-order valence-electron chi connectivity index (χ3n) is 12.7. The summed E-state index contributed by atoms with van der Waals surface area (Å²) in [6, 6.07) is 34.4. The molecule has 0 bridgehead atoms. The molecule has 1 saturated heterocycles. The lowest BCUT2D eigenvalue weighted by Crippen LogP contribution is -2.66. The first kappa shape index (κ1) is 41.5. The van der Waals surface area contributed by atoms with Crippen LogP contribution in [0.5, 0.6) is 5.75 Å². The molecule has 7 nitrogen and oxygen atoms in total. The zero-order valence-corrected chi connectivity index (χ0v) is 34.8. The minimum absolute atomic E-state index is 0.123. The number of aromatic hydroxyl groups is 1. The molecule has 304 valence electrons. The molecule has 9 heteroatoms. The summed E-state index contributed by atoms with van der Waals surface area (Å²) in [7, 11) is -3.06. The first-order valence-electron chi connectivity index (χ1n) is 20.8. The Hall–Kier alpha value is -4.67. The lowest BCUT2D eigenvalue weighted by Gasteiger charge is -2.44. The minimum Gasteiger partial charge on any atom is -0.505 e. The Morgan fingerprint density at radius 1 is 0.879 bits per heavy atom. The molecular formula is C49H56FNO6Si. The fraction of sp³-hybridized carbons (Fsp3) is 0.388. The molecule has 58 heavy (non-hydrogen) atoms. The quantitative estimate of drug-likeness (QED) is 0.0548. The van der Waals surface area contributed by atoms with Gasteiger partial charge in [0, 0.05) is 12.0 Å². The lowest BCUT2D eigenvalue weighted by molar-refractivity contribution is -0.143. The Kier molecular flexibility index (Phi) is 12.6. The number of carbonyl (C=O) groups excluding carboxylic acids is 2. The number of carbonyl (C=O) groups is 2. The second kappa shape index (κ2) is 17.7. The van der Waals surface area contributed by atoms with E-state index < -0.39 is 50.3 Å². The van der Waals surface area contributed by atoms with Crippen LogP contribution < -0.4 is 10.4 Å². The normalized spacial score (nSPS) is 21.4. The first-order chi connectivity index (χ1) is 27.9. The topological polar surface area (TPSA) is 107 Å². The minimum atomic E-state index is -3.06. The summed E-state index contributed by atoms with van der Waals surface area (Å²) >= 11 is 0. The summed E-state index contributed by atoms with van der Waals surface area (Å²) in [6.45, 7) is 6.33. The van der Waals surface area contributed by atoms with Crippen molar-refractivity contribution in [3.8, 4) is 5.75 Å². The molecule has 2 fully saturated rings. The predicted molar refractivity (Wildman–Crippen MR) is 229 cm³/mol. The van der Waals surface area contributed by atoms with Crippen molar-refractivity contribution in [3.05, 3.63) is 137 Å². The van der Waals surface area contributed by atoms with E-state index in [2.05, 4.69) is 45.0 Å². The van der Waals surface area contributed by atoms with Gasteiger partial charge < -0.3 is 19.7 Å². The van der Waals surface area contributed by atoms with Crippen molar-refractivity contribution >= 4 is 42.2 Å². The number of aliphatic hydroxyl groups is 2. The fourth-order valence-electron chi connectivity index (χ4n) is 9.99. The van der Waals surface area contributed by atoms with Crippen LogP contribution in [0.1, 0.15) is 83.3 Å². The summed E-state index contributed by atoms with van der Waals surface area (Å²) in [5.74, 6) is -3.76. The summed E-state index contributed by atoms with van der Waals surface area (Å²) in [5.41, 5.74) is 3.65. The number of imide groups is 1. The van der Waals surface area contributed by atoms with Crippen LogP contribution in [-0.4, -0.2) is 65.7 Å². The molecule has 4 aromatic carbocycles. The molecule has 0 radical (unpaired) electrons. The number of phenols is 1. The van der Waals surface area contributed by atoms with Gasteiger partial charge in [-0.2, -0.15) is 0 Å². The maximum atomic E-state index is 14.5. The van der Waals surface area contributed by atoms with E-state index in [0.29, 0.717) is 17.6 Å². The van der Waals surface area contributed by atoms with E-state index in [1.165, 1.54) is 17.0 Å². The van der Waals surface area contributed by atoms with Crippen LogP contribution in [0.4, 0.5) is 4.39 Å². The smallest absolute Gasteiger partial charge is 0.261 e. The molecule has 4 aromatic rings. The van der Waals surface area contributed by atoms with Gasteiger partial charge in [0.25, 0.3) is 8.32 Å². The maximum Gasteiger partial charge on any atom is 0.261 e. The second-order valence-electron chi connectivity index (χ2n) is 17.3. The van der Waals surface area contributed by atoms with Crippen molar-refractivity contribution in [1.29, 1.82) is 0 Å². The van der Waals surface area contributed by atoms with Gasteiger partial charge in [-0.15, -0.1) is 0 Å². The van der Waals surface area contributed by atoms with E-state index in [1.54, 1.807) is 6.07 Å². The Morgan fingerprint density at radius 2 is 1.48 bits per heavy atom. The van der Waals surface area contributed by atoms with E-state index in [0.717, 1.165) is 59.2 Å². The standard InChI is InChI=1S/C49H56FNO6Si/c1-49(2,3)58(38-20-12-6-13-21-38,39-22-14-7-15-23-39)57-32-36-30-40-46(48(56)51(47(40)55)37-18-10-5-11-19-37)41(31-52)45(36)44(54)27-25-35(34-16-8-4-9-17-34)28-33-24-26-43(53)42(50)29-33/h4,6-9,12-17,20-24,26,28-29,37,40-41,44,46,52-54H,5,10-11,18-19,25,27,30-32H2,1-3H3/b35-28-/t40-,41+,44-,46-/m1/s1. The van der Waals surface area contributed by atoms with E-state index in [-0.39, 0.29) is 42.3 Å². The summed E-state index contributed by atoms with van der Waals surface area (Å²) < 4.78 is 21.9. The predicted octanol–water partition coefficient (Wildman–Crippen LogP) is 8.03. The number of phenolic OH excluding ortho intramolecular Hbond substituents is 1. The van der Waals surface area contributed by atoms with Crippen LogP contribution in [0.25, 0.3) is 11.6 Å². The Bertz CT molecular complexity index is 2090. The van der Waals surface area contributed by atoms with E-state index in [9.17, 15) is 29.3 Å². The van der Waals surface area contributed by atoms with Crippen LogP contribution >= 0.6 is 0 Å². The summed E-state index contributed by atoms with van der Waals surface area (Å²) in [5, 5.41) is 35.4. The van der Waals surface area contributed by atoms with Gasteiger partial charge >= 0.3 is 0 Å². The first-order valence-corrected chi connectivity index (χ1v) is 22.7. The van der Waals surface area contributed by atoms with Gasteiger partial charge in [-0.25, -0.2) is 4.39 Å². The molecule has 1 saturated carbocycles. The highest BCUT2D eigenvalue weighted by Gasteiger charge is 2.57. The Balaban J connectivity index is 1.30. The van der Waals surface area contributed by atoms with Crippen LogP contribution in [0.3, 0.4) is 0 Å². The third-order valence-corrected chi connectivity index (χ3v) is 17.7. The van der Waals surface area contributed by atoms with Crippen molar-refractivity contribution in [1.82, 2.24) is 4.90 Å². The number of nitrogens with zero attached hydrogens (tertiary/aromatic N) is 1. The monoisotopic (exact) mass is 801 g/mol. The van der Waals surface area contributed by atoms with Gasteiger partial charge in [-0.3, -0.25) is 14.5 Å². The molecule has 2 aliphatic carbocycles. The Labute approximate surface area is 343 Å². The van der Waals surface area contributed by atoms with Crippen LogP contribution in [0.15, 0.2) is 120 Å². The number of hydrogen-bond acceptors (Lipinski definition) is 6. The van der Waals surface area contributed by atoms with E-state index in [1.807, 2.05) is 72.8 Å².